The van der Waals surface area contributed by atoms with E-state index in [-0.39, 0.29) is 22.3 Å². The van der Waals surface area contributed by atoms with Crippen LogP contribution in [0.2, 0.25) is 0 Å². The highest BCUT2D eigenvalue weighted by molar-refractivity contribution is 7.98. The van der Waals surface area contributed by atoms with Crippen LogP contribution >= 0.6 is 11.8 Å². The average molecular weight is 510 g/mol. The molecule has 0 unspecified atom stereocenters. The van der Waals surface area contributed by atoms with Crippen LogP contribution in [0.4, 0.5) is 8.78 Å². The molecule has 34 heavy (non-hydrogen) atoms. The second-order valence-electron chi connectivity index (χ2n) is 8.33. The Kier molecular flexibility index (Phi) is 6.90. The summed E-state index contributed by atoms with van der Waals surface area (Å²) in [6.07, 6.45) is 1.93. The number of hydrogen-bond acceptors (Lipinski definition) is 6. The molecule has 2 aliphatic rings. The molecule has 0 bridgehead atoms. The summed E-state index contributed by atoms with van der Waals surface area (Å²) in [5.74, 6) is -0.783. The fraction of sp³-hybridized carbons (Fsp3) is 0.435. The van der Waals surface area contributed by atoms with Gasteiger partial charge in [0, 0.05) is 31.0 Å². The predicted molar refractivity (Wildman–Crippen MR) is 124 cm³/mol. The predicted octanol–water partition coefficient (Wildman–Crippen LogP) is 3.81. The standard InChI is InChI=1S/C23H25F2N3O4S2/c24-17-3-5-20(25)16(12-17)15-33-23-26-21-13-19(34(29,30)27-7-10-31-11-8-27)4-6-22(21)28(23)14-18-2-1-9-32-18/h3-6,12-13,18H,1-2,7-11,14-15H2/t18-/m1/s1. The number of nitrogens with zero attached hydrogens (tertiary/aromatic N) is 3. The van der Waals surface area contributed by atoms with Gasteiger partial charge >= 0.3 is 0 Å². The monoisotopic (exact) mass is 509 g/mol. The number of ether oxygens (including phenoxy) is 2. The van der Waals surface area contributed by atoms with Gasteiger partial charge in [0.25, 0.3) is 0 Å². The first kappa shape index (κ1) is 23.7. The van der Waals surface area contributed by atoms with Crippen LogP contribution in [0.25, 0.3) is 11.0 Å². The van der Waals surface area contributed by atoms with Crippen LogP contribution in [-0.4, -0.2) is 61.3 Å². The molecule has 5 rings (SSSR count). The molecule has 0 spiro atoms. The molecule has 2 fully saturated rings. The lowest BCUT2D eigenvalue weighted by atomic mass is 10.2. The third-order valence-corrected chi connectivity index (χ3v) is 8.99. The molecular weight excluding hydrogens is 484 g/mol. The Hall–Kier alpha value is -2.05. The van der Waals surface area contributed by atoms with Gasteiger partial charge in [0.1, 0.15) is 11.6 Å². The van der Waals surface area contributed by atoms with E-state index in [1.54, 1.807) is 18.2 Å². The Labute approximate surface area is 201 Å². The van der Waals surface area contributed by atoms with Gasteiger partial charge in [0.15, 0.2) is 5.16 Å². The largest absolute Gasteiger partial charge is 0.379 e. The van der Waals surface area contributed by atoms with Gasteiger partial charge < -0.3 is 14.0 Å². The number of rotatable bonds is 7. The number of morpholine rings is 1. The molecule has 0 amide bonds. The smallest absolute Gasteiger partial charge is 0.243 e. The molecule has 182 valence electrons. The fourth-order valence-corrected chi connectivity index (χ4v) is 6.68. The van der Waals surface area contributed by atoms with E-state index in [4.69, 9.17) is 9.47 Å². The summed E-state index contributed by atoms with van der Waals surface area (Å²) >= 11 is 1.29. The van der Waals surface area contributed by atoms with E-state index < -0.39 is 21.7 Å². The van der Waals surface area contributed by atoms with Crippen LogP contribution in [0, 0.1) is 11.6 Å². The zero-order chi connectivity index (χ0) is 23.7. The molecule has 7 nitrogen and oxygen atoms in total. The fourth-order valence-electron chi connectivity index (χ4n) is 4.26. The Balaban J connectivity index is 1.48. The Morgan fingerprint density at radius 1 is 1.09 bits per heavy atom. The second-order valence-corrected chi connectivity index (χ2v) is 11.2. The molecule has 0 N–H and O–H groups in total. The van der Waals surface area contributed by atoms with Crippen LogP contribution in [0.5, 0.6) is 0 Å². The highest BCUT2D eigenvalue weighted by Crippen LogP contribution is 2.31. The zero-order valence-corrected chi connectivity index (χ0v) is 20.1. The van der Waals surface area contributed by atoms with Crippen molar-refractivity contribution in [1.29, 1.82) is 0 Å². The van der Waals surface area contributed by atoms with E-state index in [0.29, 0.717) is 50.1 Å². The van der Waals surface area contributed by atoms with Crippen molar-refractivity contribution in [3.8, 4) is 0 Å². The molecule has 1 atom stereocenters. The molecular formula is C23H25F2N3O4S2. The van der Waals surface area contributed by atoms with Crippen LogP contribution in [0.1, 0.15) is 18.4 Å². The lowest BCUT2D eigenvalue weighted by molar-refractivity contribution is 0.0730. The Bertz CT molecular complexity index is 1290. The number of benzene rings is 2. The minimum atomic E-state index is -3.66. The van der Waals surface area contributed by atoms with Crippen LogP contribution in [-0.2, 0) is 31.8 Å². The van der Waals surface area contributed by atoms with Crippen LogP contribution < -0.4 is 0 Å². The highest BCUT2D eigenvalue weighted by atomic mass is 32.2. The van der Waals surface area contributed by atoms with Crippen molar-refractivity contribution >= 4 is 32.8 Å². The molecule has 0 aliphatic carbocycles. The lowest BCUT2D eigenvalue weighted by Crippen LogP contribution is -2.40. The SMILES string of the molecule is O=S(=O)(c1ccc2c(c1)nc(SCc1cc(F)ccc1F)n2C[C@H]1CCCO1)N1CCOCC1. The highest BCUT2D eigenvalue weighted by Gasteiger charge is 2.28. The van der Waals surface area contributed by atoms with Gasteiger partial charge in [-0.2, -0.15) is 4.31 Å². The number of hydrogen-bond donors (Lipinski definition) is 0. The summed E-state index contributed by atoms with van der Waals surface area (Å²) in [7, 11) is -3.66. The quantitative estimate of drug-likeness (QED) is 0.451. The van der Waals surface area contributed by atoms with E-state index in [0.717, 1.165) is 30.5 Å². The van der Waals surface area contributed by atoms with Gasteiger partial charge in [-0.25, -0.2) is 22.2 Å². The number of fused-ring (bicyclic) bond motifs is 1. The maximum atomic E-state index is 14.2. The maximum Gasteiger partial charge on any atom is 0.243 e. The van der Waals surface area contributed by atoms with Gasteiger partial charge in [-0.05, 0) is 49.2 Å². The molecule has 2 saturated heterocycles. The van der Waals surface area contributed by atoms with E-state index in [9.17, 15) is 17.2 Å². The van der Waals surface area contributed by atoms with Gasteiger partial charge in [-0.1, -0.05) is 11.8 Å². The topological polar surface area (TPSA) is 73.7 Å². The van der Waals surface area contributed by atoms with Gasteiger partial charge in [0.2, 0.25) is 10.0 Å². The Morgan fingerprint density at radius 2 is 1.91 bits per heavy atom. The Morgan fingerprint density at radius 3 is 2.68 bits per heavy atom. The van der Waals surface area contributed by atoms with E-state index in [1.165, 1.54) is 22.1 Å². The van der Waals surface area contributed by atoms with Crippen LogP contribution in [0.15, 0.2) is 46.5 Å². The number of sulfonamides is 1. The van der Waals surface area contributed by atoms with E-state index >= 15 is 0 Å². The molecule has 0 radical (unpaired) electrons. The third-order valence-electron chi connectivity index (χ3n) is 6.07. The number of aromatic nitrogens is 2. The van der Waals surface area contributed by atoms with Crippen molar-refractivity contribution < 1.29 is 26.7 Å². The van der Waals surface area contributed by atoms with Crippen molar-refractivity contribution in [3.63, 3.8) is 0 Å². The molecule has 1 aromatic heterocycles. The first-order chi connectivity index (χ1) is 16.4. The summed E-state index contributed by atoms with van der Waals surface area (Å²) in [5.41, 5.74) is 1.56. The normalized spacial score (nSPS) is 19.8. The summed E-state index contributed by atoms with van der Waals surface area (Å²) in [6, 6.07) is 8.33. The van der Waals surface area contributed by atoms with Gasteiger partial charge in [0.05, 0.1) is 41.8 Å². The maximum absolute atomic E-state index is 14.2. The van der Waals surface area contributed by atoms with E-state index in [1.807, 2.05) is 4.57 Å². The van der Waals surface area contributed by atoms with Crippen molar-refractivity contribution in [2.45, 2.75) is 41.3 Å². The minimum absolute atomic E-state index is 0.0272. The second kappa shape index (κ2) is 9.90. The zero-order valence-electron chi connectivity index (χ0n) is 18.5. The summed E-state index contributed by atoms with van der Waals surface area (Å²) < 4.78 is 68.5. The molecule has 11 heteroatoms. The summed E-state index contributed by atoms with van der Waals surface area (Å²) in [5, 5.41) is 0.607. The van der Waals surface area contributed by atoms with Crippen molar-refractivity contribution in [1.82, 2.24) is 13.9 Å². The van der Waals surface area contributed by atoms with Crippen molar-refractivity contribution in [2.75, 3.05) is 32.9 Å². The molecule has 0 saturated carbocycles. The van der Waals surface area contributed by atoms with Crippen molar-refractivity contribution in [2.24, 2.45) is 0 Å². The first-order valence-electron chi connectivity index (χ1n) is 11.2. The first-order valence-corrected chi connectivity index (χ1v) is 13.6. The average Bonchev–Trinajstić information content (AvgIpc) is 3.48. The van der Waals surface area contributed by atoms with Crippen molar-refractivity contribution in [3.05, 3.63) is 53.6 Å². The van der Waals surface area contributed by atoms with Gasteiger partial charge in [-0.15, -0.1) is 0 Å². The molecule has 3 heterocycles. The third kappa shape index (κ3) is 4.85. The van der Waals surface area contributed by atoms with Gasteiger partial charge in [-0.3, -0.25) is 0 Å². The number of halogens is 2. The summed E-state index contributed by atoms with van der Waals surface area (Å²) in [6.45, 7) is 2.63. The van der Waals surface area contributed by atoms with E-state index in [2.05, 4.69) is 4.98 Å². The molecule has 3 aromatic rings. The number of thioether (sulfide) groups is 1. The summed E-state index contributed by atoms with van der Waals surface area (Å²) in [4.78, 5) is 4.86. The molecule has 2 aromatic carbocycles. The minimum Gasteiger partial charge on any atom is -0.379 e. The molecule has 2 aliphatic heterocycles. The lowest BCUT2D eigenvalue weighted by Gasteiger charge is -2.26. The number of imidazole rings is 1. The van der Waals surface area contributed by atoms with Crippen LogP contribution in [0.3, 0.4) is 0 Å².